The predicted molar refractivity (Wildman–Crippen MR) is 97.9 cm³/mol. The number of carbonyl (C=O) groups excluding carboxylic acids is 1. The molecule has 2 nitrogen and oxygen atoms in total. The summed E-state index contributed by atoms with van der Waals surface area (Å²) in [5.41, 5.74) is 4.43. The maximum absolute atomic E-state index is 12.9. The number of aryl methyl sites for hydroxylation is 1. The molecule has 1 saturated heterocycles. The van der Waals surface area contributed by atoms with Crippen molar-refractivity contribution in [2.75, 3.05) is 12.3 Å². The molecule has 1 atom stereocenters. The third-order valence-corrected chi connectivity index (χ3v) is 5.68. The molecule has 0 bridgehead atoms. The molecule has 23 heavy (non-hydrogen) atoms. The normalized spacial score (nSPS) is 17.7. The van der Waals surface area contributed by atoms with E-state index in [9.17, 15) is 4.79 Å². The van der Waals surface area contributed by atoms with Gasteiger partial charge in [-0.2, -0.15) is 0 Å². The number of hydrogen-bond donors (Lipinski definition) is 0. The highest BCUT2D eigenvalue weighted by Crippen LogP contribution is 2.39. The van der Waals surface area contributed by atoms with Crippen molar-refractivity contribution < 1.29 is 4.79 Å². The average Bonchev–Trinajstić information content (AvgIpc) is 3.04. The summed E-state index contributed by atoms with van der Waals surface area (Å²) in [7, 11) is 0. The van der Waals surface area contributed by atoms with E-state index >= 15 is 0 Å². The Balaban J connectivity index is 1.85. The molecule has 1 aliphatic heterocycles. The van der Waals surface area contributed by atoms with E-state index in [-0.39, 0.29) is 11.3 Å². The fourth-order valence-electron chi connectivity index (χ4n) is 2.97. The molecular weight excluding hydrogens is 302 g/mol. The van der Waals surface area contributed by atoms with Gasteiger partial charge in [-0.05, 0) is 35.6 Å². The third kappa shape index (κ3) is 3.30. The summed E-state index contributed by atoms with van der Waals surface area (Å²) in [6, 6.07) is 16.6. The molecule has 0 spiro atoms. The lowest BCUT2D eigenvalue weighted by Crippen LogP contribution is -2.30. The number of carbonyl (C=O) groups is 1. The summed E-state index contributed by atoms with van der Waals surface area (Å²) in [4.78, 5) is 15.0. The van der Waals surface area contributed by atoms with Gasteiger partial charge in [0.25, 0.3) is 5.91 Å². The van der Waals surface area contributed by atoms with Crippen LogP contribution < -0.4 is 0 Å². The second-order valence-corrected chi connectivity index (χ2v) is 7.55. The molecule has 1 fully saturated rings. The number of benzene rings is 2. The van der Waals surface area contributed by atoms with E-state index in [1.807, 2.05) is 47.9 Å². The van der Waals surface area contributed by atoms with Gasteiger partial charge in [0.2, 0.25) is 0 Å². The van der Waals surface area contributed by atoms with E-state index in [4.69, 9.17) is 0 Å². The molecule has 3 heteroatoms. The summed E-state index contributed by atoms with van der Waals surface area (Å²) in [5.74, 6) is 1.67. The van der Waals surface area contributed by atoms with Crippen LogP contribution in [-0.4, -0.2) is 23.1 Å². The first-order chi connectivity index (χ1) is 11.1. The van der Waals surface area contributed by atoms with Crippen LogP contribution in [0.2, 0.25) is 0 Å². The summed E-state index contributed by atoms with van der Waals surface area (Å²) < 4.78 is 0. The molecule has 0 radical (unpaired) electrons. The summed E-state index contributed by atoms with van der Waals surface area (Å²) in [5, 5.41) is 0.128. The van der Waals surface area contributed by atoms with Crippen LogP contribution in [0.4, 0.5) is 0 Å². The molecule has 1 unspecified atom stereocenters. The Hall–Kier alpha value is -1.74. The summed E-state index contributed by atoms with van der Waals surface area (Å²) in [6.45, 7) is 7.22. The largest absolute Gasteiger partial charge is 0.322 e. The van der Waals surface area contributed by atoms with E-state index in [2.05, 4.69) is 38.1 Å². The molecule has 0 aromatic heterocycles. The lowest BCUT2D eigenvalue weighted by molar-refractivity contribution is 0.0759. The average molecular weight is 325 g/mol. The highest BCUT2D eigenvalue weighted by Gasteiger charge is 2.31. The highest BCUT2D eigenvalue weighted by molar-refractivity contribution is 7.99. The van der Waals surface area contributed by atoms with Gasteiger partial charge in [-0.25, -0.2) is 0 Å². The van der Waals surface area contributed by atoms with Crippen LogP contribution in [-0.2, 0) is 0 Å². The fourth-order valence-corrected chi connectivity index (χ4v) is 4.22. The summed E-state index contributed by atoms with van der Waals surface area (Å²) >= 11 is 1.85. The van der Waals surface area contributed by atoms with E-state index in [0.29, 0.717) is 5.92 Å². The van der Waals surface area contributed by atoms with Crippen LogP contribution in [0.1, 0.15) is 52.2 Å². The van der Waals surface area contributed by atoms with E-state index in [0.717, 1.165) is 23.4 Å². The Labute approximate surface area is 142 Å². The van der Waals surface area contributed by atoms with Gasteiger partial charge in [-0.3, -0.25) is 4.79 Å². The van der Waals surface area contributed by atoms with Crippen LogP contribution in [0, 0.1) is 6.92 Å². The number of hydrogen-bond acceptors (Lipinski definition) is 2. The molecule has 0 N–H and O–H groups in total. The second-order valence-electron chi connectivity index (χ2n) is 6.36. The lowest BCUT2D eigenvalue weighted by atomic mass is 10.0. The zero-order valence-electron chi connectivity index (χ0n) is 14.0. The van der Waals surface area contributed by atoms with Crippen LogP contribution in [0.5, 0.6) is 0 Å². The van der Waals surface area contributed by atoms with Crippen molar-refractivity contribution in [3.8, 4) is 0 Å². The Morgan fingerprint density at radius 3 is 2.48 bits per heavy atom. The molecular formula is C20H23NOS. The SMILES string of the molecule is Cc1ccccc1C(=O)N1CCSC1c1ccc(C(C)C)cc1. The smallest absolute Gasteiger partial charge is 0.255 e. The van der Waals surface area contributed by atoms with E-state index in [1.165, 1.54) is 11.1 Å². The molecule has 0 aliphatic carbocycles. The van der Waals surface area contributed by atoms with Crippen molar-refractivity contribution in [3.05, 3.63) is 70.8 Å². The van der Waals surface area contributed by atoms with E-state index < -0.39 is 0 Å². The van der Waals surface area contributed by atoms with Gasteiger partial charge in [0, 0.05) is 17.9 Å². The van der Waals surface area contributed by atoms with Crippen molar-refractivity contribution >= 4 is 17.7 Å². The number of rotatable bonds is 3. The minimum absolute atomic E-state index is 0.128. The topological polar surface area (TPSA) is 20.3 Å². The predicted octanol–water partition coefficient (Wildman–Crippen LogP) is 5.01. The van der Waals surface area contributed by atoms with Gasteiger partial charge in [0.15, 0.2) is 0 Å². The zero-order valence-corrected chi connectivity index (χ0v) is 14.8. The van der Waals surface area contributed by atoms with Gasteiger partial charge < -0.3 is 4.90 Å². The molecule has 0 saturated carbocycles. The van der Waals surface area contributed by atoms with Gasteiger partial charge in [-0.1, -0.05) is 56.3 Å². The minimum Gasteiger partial charge on any atom is -0.322 e. The lowest BCUT2D eigenvalue weighted by Gasteiger charge is -2.25. The first-order valence-corrected chi connectivity index (χ1v) is 9.21. The maximum atomic E-state index is 12.9. The molecule has 1 aliphatic rings. The third-order valence-electron chi connectivity index (χ3n) is 4.42. The Kier molecular flexibility index (Phi) is 4.76. The van der Waals surface area contributed by atoms with Gasteiger partial charge >= 0.3 is 0 Å². The first-order valence-electron chi connectivity index (χ1n) is 8.16. The van der Waals surface area contributed by atoms with Crippen molar-refractivity contribution in [1.82, 2.24) is 4.90 Å². The minimum atomic E-state index is 0.128. The molecule has 2 aromatic carbocycles. The van der Waals surface area contributed by atoms with Gasteiger partial charge in [0.05, 0.1) is 0 Å². The molecule has 1 heterocycles. The van der Waals surface area contributed by atoms with Crippen LogP contribution in [0.3, 0.4) is 0 Å². The van der Waals surface area contributed by atoms with E-state index in [1.54, 1.807) is 0 Å². The Bertz CT molecular complexity index is 693. The molecule has 2 aromatic rings. The maximum Gasteiger partial charge on any atom is 0.255 e. The van der Waals surface area contributed by atoms with Gasteiger partial charge in [-0.15, -0.1) is 11.8 Å². The summed E-state index contributed by atoms with van der Waals surface area (Å²) in [6.07, 6.45) is 0. The van der Waals surface area contributed by atoms with Gasteiger partial charge in [0.1, 0.15) is 5.37 Å². The highest BCUT2D eigenvalue weighted by atomic mass is 32.2. The van der Waals surface area contributed by atoms with Crippen molar-refractivity contribution in [2.45, 2.75) is 32.1 Å². The standard InChI is InChI=1S/C20H23NOS/c1-14(2)16-8-10-17(11-9-16)20-21(12-13-23-20)19(22)18-7-5-4-6-15(18)3/h4-11,14,20H,12-13H2,1-3H3. The van der Waals surface area contributed by atoms with Crippen molar-refractivity contribution in [1.29, 1.82) is 0 Å². The monoisotopic (exact) mass is 325 g/mol. The van der Waals surface area contributed by atoms with Crippen LogP contribution in [0.15, 0.2) is 48.5 Å². The number of thioether (sulfide) groups is 1. The second kappa shape index (κ2) is 6.79. The van der Waals surface area contributed by atoms with Crippen molar-refractivity contribution in [2.24, 2.45) is 0 Å². The Morgan fingerprint density at radius 2 is 1.83 bits per heavy atom. The molecule has 1 amide bonds. The van der Waals surface area contributed by atoms with Crippen molar-refractivity contribution in [3.63, 3.8) is 0 Å². The van der Waals surface area contributed by atoms with Crippen LogP contribution in [0.25, 0.3) is 0 Å². The molecule has 3 rings (SSSR count). The fraction of sp³-hybridized carbons (Fsp3) is 0.350. The number of amides is 1. The van der Waals surface area contributed by atoms with Crippen LogP contribution >= 0.6 is 11.8 Å². The first kappa shape index (κ1) is 16.1. The quantitative estimate of drug-likeness (QED) is 0.791. The molecule has 120 valence electrons. The number of nitrogens with zero attached hydrogens (tertiary/aromatic N) is 1. The Morgan fingerprint density at radius 1 is 1.13 bits per heavy atom. The zero-order chi connectivity index (χ0) is 16.4.